The number of allylic oxidation sites excluding steroid dienone is 2. The summed E-state index contributed by atoms with van der Waals surface area (Å²) in [6.07, 6.45) is 5.21. The Balaban J connectivity index is 1.37. The molecule has 0 aromatic heterocycles. The van der Waals surface area contributed by atoms with Gasteiger partial charge in [0.1, 0.15) is 29.6 Å². The van der Waals surface area contributed by atoms with Gasteiger partial charge in [0.15, 0.2) is 9.84 Å². The minimum Gasteiger partial charge on any atom is -0.497 e. The second-order valence-electron chi connectivity index (χ2n) is 9.48. The van der Waals surface area contributed by atoms with E-state index >= 15 is 0 Å². The highest BCUT2D eigenvalue weighted by Crippen LogP contribution is 2.72. The van der Waals surface area contributed by atoms with Crippen molar-refractivity contribution < 1.29 is 27.4 Å². The van der Waals surface area contributed by atoms with E-state index in [0.717, 1.165) is 24.8 Å². The van der Waals surface area contributed by atoms with E-state index in [1.165, 1.54) is 17.0 Å². The Bertz CT molecular complexity index is 1530. The van der Waals surface area contributed by atoms with Gasteiger partial charge in [-0.3, -0.25) is 4.90 Å². The molecule has 0 radical (unpaired) electrons. The number of methoxy groups -OCH3 is 1. The summed E-state index contributed by atoms with van der Waals surface area (Å²) in [5.74, 6) is 13.0. The molecule has 2 aromatic carbocycles. The van der Waals surface area contributed by atoms with Gasteiger partial charge in [0.05, 0.1) is 29.4 Å². The molecule has 4 bridgehead atoms. The monoisotopic (exact) mass is 515 g/mol. The van der Waals surface area contributed by atoms with Crippen LogP contribution in [0.15, 0.2) is 65.6 Å². The number of epoxide rings is 1. The van der Waals surface area contributed by atoms with Crippen LogP contribution in [0, 0.1) is 29.6 Å². The Morgan fingerprint density at radius 2 is 1.92 bits per heavy atom. The summed E-state index contributed by atoms with van der Waals surface area (Å²) >= 11 is 0. The zero-order chi connectivity index (χ0) is 25.7. The van der Waals surface area contributed by atoms with Crippen LogP contribution in [0.3, 0.4) is 0 Å². The molecule has 2 aromatic rings. The Hall–Kier alpha value is -3.72. The summed E-state index contributed by atoms with van der Waals surface area (Å²) < 4.78 is 43.2. The number of carbonyl (C=O) groups is 1. The Labute approximate surface area is 216 Å². The van der Waals surface area contributed by atoms with E-state index in [0.29, 0.717) is 11.4 Å². The highest BCUT2D eigenvalue weighted by atomic mass is 32.2. The van der Waals surface area contributed by atoms with E-state index in [1.807, 2.05) is 12.1 Å². The van der Waals surface area contributed by atoms with Crippen LogP contribution >= 0.6 is 0 Å². The molecule has 4 aliphatic rings. The van der Waals surface area contributed by atoms with E-state index in [1.54, 1.807) is 43.5 Å². The minimum atomic E-state index is -3.60. The smallest absolute Gasteiger partial charge is 0.415 e. The van der Waals surface area contributed by atoms with Crippen LogP contribution < -0.4 is 9.64 Å². The molecular formula is C29H25NO6S. The molecule has 0 N–H and O–H groups in total. The molecule has 188 valence electrons. The maximum Gasteiger partial charge on any atom is 0.415 e. The molecule has 1 saturated carbocycles. The average molecular weight is 516 g/mol. The van der Waals surface area contributed by atoms with Crippen molar-refractivity contribution in [3.05, 3.63) is 66.2 Å². The van der Waals surface area contributed by atoms with E-state index in [4.69, 9.17) is 14.2 Å². The van der Waals surface area contributed by atoms with Crippen LogP contribution in [-0.4, -0.2) is 45.6 Å². The van der Waals surface area contributed by atoms with Crippen molar-refractivity contribution in [2.24, 2.45) is 5.92 Å². The molecule has 1 amide bonds. The first-order chi connectivity index (χ1) is 17.9. The third kappa shape index (κ3) is 3.55. The van der Waals surface area contributed by atoms with Gasteiger partial charge in [-0.1, -0.05) is 41.9 Å². The SMILES string of the molecule is COc1ccc2c(c1)[C@@]13O[C@]14CCC[C@@H]3C#C/C=C\C#C[C@@H]4N2C(=O)OCCS(=O)(=O)c1ccccc1. The molecule has 1 saturated heterocycles. The van der Waals surface area contributed by atoms with Crippen LogP contribution in [0.25, 0.3) is 0 Å². The lowest BCUT2D eigenvalue weighted by atomic mass is 9.64. The Kier molecular flexibility index (Phi) is 5.56. The number of fused-ring (bicyclic) bond motifs is 1. The second kappa shape index (κ2) is 8.69. The zero-order valence-electron chi connectivity index (χ0n) is 20.3. The number of hydrogen-bond acceptors (Lipinski definition) is 6. The maximum atomic E-state index is 13.6. The molecular weight excluding hydrogens is 490 g/mol. The maximum absolute atomic E-state index is 13.6. The average Bonchev–Trinajstić information content (AvgIpc) is 3.63. The summed E-state index contributed by atoms with van der Waals surface area (Å²) in [7, 11) is -2.00. The fourth-order valence-corrected chi connectivity index (χ4v) is 7.08. The van der Waals surface area contributed by atoms with Gasteiger partial charge in [0.2, 0.25) is 0 Å². The number of hydrogen-bond donors (Lipinski definition) is 0. The summed E-state index contributed by atoms with van der Waals surface area (Å²) in [5.41, 5.74) is 0.0156. The first-order valence-electron chi connectivity index (χ1n) is 12.2. The lowest BCUT2D eigenvalue weighted by molar-refractivity contribution is 0.153. The number of carbonyl (C=O) groups excluding carboxylic acids is 1. The van der Waals surface area contributed by atoms with Gasteiger partial charge in [-0.15, -0.1) is 0 Å². The molecule has 2 heterocycles. The minimum absolute atomic E-state index is 0.0617. The van der Waals surface area contributed by atoms with E-state index in [9.17, 15) is 13.2 Å². The molecule has 2 aliphatic heterocycles. The van der Waals surface area contributed by atoms with Crippen LogP contribution in [0.4, 0.5) is 10.5 Å². The van der Waals surface area contributed by atoms with Gasteiger partial charge < -0.3 is 14.2 Å². The van der Waals surface area contributed by atoms with E-state index in [2.05, 4.69) is 23.7 Å². The van der Waals surface area contributed by atoms with E-state index < -0.39 is 33.2 Å². The van der Waals surface area contributed by atoms with Crippen molar-refractivity contribution >= 4 is 21.6 Å². The van der Waals surface area contributed by atoms with Crippen molar-refractivity contribution in [3.63, 3.8) is 0 Å². The summed E-state index contributed by atoms with van der Waals surface area (Å²) in [5, 5.41) is 0. The highest BCUT2D eigenvalue weighted by molar-refractivity contribution is 7.91. The second-order valence-corrected chi connectivity index (χ2v) is 11.6. The van der Waals surface area contributed by atoms with Crippen molar-refractivity contribution in [1.82, 2.24) is 0 Å². The predicted octanol–water partition coefficient (Wildman–Crippen LogP) is 3.84. The molecule has 0 unspecified atom stereocenters. The predicted molar refractivity (Wildman–Crippen MR) is 137 cm³/mol. The van der Waals surface area contributed by atoms with Crippen molar-refractivity contribution in [2.45, 2.75) is 41.4 Å². The van der Waals surface area contributed by atoms with Gasteiger partial charge in [-0.05, 0) is 61.7 Å². The molecule has 37 heavy (non-hydrogen) atoms. The first kappa shape index (κ1) is 23.7. The fourth-order valence-electron chi connectivity index (χ4n) is 5.97. The normalized spacial score (nSPS) is 29.2. The van der Waals surface area contributed by atoms with Gasteiger partial charge in [-0.25, -0.2) is 13.2 Å². The number of ether oxygens (including phenoxy) is 3. The molecule has 6 rings (SSSR count). The Morgan fingerprint density at radius 3 is 2.70 bits per heavy atom. The largest absolute Gasteiger partial charge is 0.497 e. The van der Waals surface area contributed by atoms with Crippen LogP contribution in [0.5, 0.6) is 5.75 Å². The highest BCUT2D eigenvalue weighted by Gasteiger charge is 2.81. The van der Waals surface area contributed by atoms with Gasteiger partial charge in [0.25, 0.3) is 0 Å². The quantitative estimate of drug-likeness (QED) is 0.445. The third-order valence-electron chi connectivity index (χ3n) is 7.63. The van der Waals surface area contributed by atoms with E-state index in [-0.39, 0.29) is 23.2 Å². The summed E-state index contributed by atoms with van der Waals surface area (Å²) in [4.78, 5) is 15.3. The molecule has 8 heteroatoms. The molecule has 7 nitrogen and oxygen atoms in total. The number of anilines is 1. The molecule has 2 aliphatic carbocycles. The number of amides is 1. The number of nitrogens with zero attached hydrogens (tertiary/aromatic N) is 1. The molecule has 2 fully saturated rings. The van der Waals surface area contributed by atoms with Crippen molar-refractivity contribution in [1.29, 1.82) is 0 Å². The summed E-state index contributed by atoms with van der Waals surface area (Å²) in [6.45, 7) is -0.287. The Morgan fingerprint density at radius 1 is 1.14 bits per heavy atom. The summed E-state index contributed by atoms with van der Waals surface area (Å²) in [6, 6.07) is 13.0. The first-order valence-corrected chi connectivity index (χ1v) is 13.9. The van der Waals surface area contributed by atoms with Crippen molar-refractivity contribution in [3.8, 4) is 29.4 Å². The number of rotatable bonds is 5. The standard InChI is InChI=1S/C29H25NO6S/c1-34-22-15-16-25-24(20-22)29-21-10-5-2-3-8-14-26(28(29,36-29)17-9-11-21)30(25)27(31)35-18-19-37(32,33)23-12-6-4-7-13-23/h2-4,6-7,12-13,15-16,20-21,26H,9,11,17-19H2,1H3/b3-2-/t21-,26-,28-,29+/m0/s1. The van der Waals surface area contributed by atoms with Crippen LogP contribution in [0.2, 0.25) is 0 Å². The fraction of sp³-hybridized carbons (Fsp3) is 0.345. The zero-order valence-corrected chi connectivity index (χ0v) is 21.1. The topological polar surface area (TPSA) is 85.4 Å². The van der Waals surface area contributed by atoms with Crippen LogP contribution in [0.1, 0.15) is 24.8 Å². The lowest BCUT2D eigenvalue weighted by Gasteiger charge is -2.43. The molecule has 0 spiro atoms. The number of benzene rings is 2. The van der Waals surface area contributed by atoms with Gasteiger partial charge in [-0.2, -0.15) is 0 Å². The number of sulfone groups is 1. The van der Waals surface area contributed by atoms with Crippen molar-refractivity contribution in [2.75, 3.05) is 24.4 Å². The molecule has 4 atom stereocenters. The third-order valence-corrected chi connectivity index (χ3v) is 9.32. The lowest BCUT2D eigenvalue weighted by Crippen LogP contribution is -2.57. The van der Waals surface area contributed by atoms with Gasteiger partial charge in [0, 0.05) is 5.56 Å². The van der Waals surface area contributed by atoms with Gasteiger partial charge >= 0.3 is 6.09 Å². The van der Waals surface area contributed by atoms with Crippen LogP contribution in [-0.2, 0) is 24.9 Å².